The summed E-state index contributed by atoms with van der Waals surface area (Å²) in [7, 11) is 0. The lowest BCUT2D eigenvalue weighted by Gasteiger charge is -2.52. The minimum Gasteiger partial charge on any atom is -0.344 e. The maximum Gasteiger partial charge on any atom is 0.252 e. The summed E-state index contributed by atoms with van der Waals surface area (Å²) in [5.41, 5.74) is 3.72. The van der Waals surface area contributed by atoms with Gasteiger partial charge in [-0.15, -0.1) is 0 Å². The zero-order valence-corrected chi connectivity index (χ0v) is 12.7. The van der Waals surface area contributed by atoms with E-state index in [1.54, 1.807) is 0 Å². The molecule has 1 saturated heterocycles. The molecule has 4 heteroatoms. The largest absolute Gasteiger partial charge is 0.344 e. The van der Waals surface area contributed by atoms with E-state index >= 15 is 0 Å². The van der Waals surface area contributed by atoms with Crippen molar-refractivity contribution < 1.29 is 4.79 Å². The van der Waals surface area contributed by atoms with Crippen LogP contribution < -0.4 is 5.32 Å². The molecule has 0 unspecified atom stereocenters. The first-order valence-corrected chi connectivity index (χ1v) is 7.79. The molecule has 4 nitrogen and oxygen atoms in total. The van der Waals surface area contributed by atoms with Gasteiger partial charge < -0.3 is 5.32 Å². The number of amides is 1. The molecule has 0 bridgehead atoms. The van der Waals surface area contributed by atoms with Gasteiger partial charge in [-0.3, -0.25) is 9.69 Å². The normalized spacial score (nSPS) is 18.7. The number of hydrogen-bond acceptors (Lipinski definition) is 3. The van der Waals surface area contributed by atoms with Gasteiger partial charge in [0.15, 0.2) is 0 Å². The Balaban J connectivity index is 1.43. The van der Waals surface area contributed by atoms with E-state index in [2.05, 4.69) is 22.4 Å². The summed E-state index contributed by atoms with van der Waals surface area (Å²) in [4.78, 5) is 14.6. The molecule has 0 saturated carbocycles. The second-order valence-electron chi connectivity index (χ2n) is 6.52. The van der Waals surface area contributed by atoms with Gasteiger partial charge in [-0.2, -0.15) is 5.26 Å². The Morgan fingerprint density at radius 3 is 2.61 bits per heavy atom. The minimum absolute atomic E-state index is 0.0462. The molecule has 1 N–H and O–H groups in total. The maximum absolute atomic E-state index is 12.3. The zero-order chi connectivity index (χ0) is 15.9. The number of carbonyl (C=O) groups is 1. The van der Waals surface area contributed by atoms with E-state index in [1.165, 1.54) is 5.56 Å². The van der Waals surface area contributed by atoms with E-state index in [4.69, 9.17) is 5.26 Å². The van der Waals surface area contributed by atoms with Crippen molar-refractivity contribution in [2.45, 2.75) is 18.5 Å². The Labute approximate surface area is 135 Å². The number of carbonyl (C=O) groups excluding carboxylic acids is 1. The smallest absolute Gasteiger partial charge is 0.252 e. The van der Waals surface area contributed by atoms with E-state index in [0.717, 1.165) is 37.2 Å². The Morgan fingerprint density at radius 2 is 1.87 bits per heavy atom. The van der Waals surface area contributed by atoms with Crippen LogP contribution in [-0.4, -0.2) is 29.4 Å². The molecule has 0 atom stereocenters. The topological polar surface area (TPSA) is 56.1 Å². The van der Waals surface area contributed by atoms with Gasteiger partial charge >= 0.3 is 0 Å². The van der Waals surface area contributed by atoms with E-state index in [1.807, 2.05) is 42.5 Å². The highest BCUT2D eigenvalue weighted by Gasteiger charge is 2.46. The third-order valence-electron chi connectivity index (χ3n) is 4.71. The molecular formula is C19H17N3O. The fourth-order valence-corrected chi connectivity index (χ4v) is 3.67. The van der Waals surface area contributed by atoms with Crippen LogP contribution in [0.3, 0.4) is 0 Å². The Kier molecular flexibility index (Phi) is 3.17. The Morgan fingerprint density at radius 1 is 1.13 bits per heavy atom. The molecule has 23 heavy (non-hydrogen) atoms. The van der Waals surface area contributed by atoms with E-state index in [9.17, 15) is 4.79 Å². The highest BCUT2D eigenvalue weighted by atomic mass is 16.2. The lowest BCUT2D eigenvalue weighted by Crippen LogP contribution is -2.72. The summed E-state index contributed by atoms with van der Waals surface area (Å²) in [5, 5.41) is 12.0. The Hall–Kier alpha value is -2.64. The van der Waals surface area contributed by atoms with Crippen molar-refractivity contribution >= 4 is 5.91 Å². The van der Waals surface area contributed by atoms with Crippen LogP contribution >= 0.6 is 0 Å². The molecule has 114 valence electrons. The SMILES string of the molecule is N#Cc1ccc(CN2CC3(Cc4ccccc4C(=O)N3)C2)cc1. The molecule has 2 aliphatic rings. The quantitative estimate of drug-likeness (QED) is 0.924. The van der Waals surface area contributed by atoms with Gasteiger partial charge in [-0.1, -0.05) is 30.3 Å². The van der Waals surface area contributed by atoms with Crippen molar-refractivity contribution in [2.24, 2.45) is 0 Å². The van der Waals surface area contributed by atoms with Crippen LogP contribution in [0.2, 0.25) is 0 Å². The highest BCUT2D eigenvalue weighted by Crippen LogP contribution is 2.31. The molecule has 1 fully saturated rings. The minimum atomic E-state index is -0.113. The second-order valence-corrected chi connectivity index (χ2v) is 6.52. The predicted octanol–water partition coefficient (Wildman–Crippen LogP) is 2.10. The summed E-state index contributed by atoms with van der Waals surface area (Å²) in [6.45, 7) is 2.59. The summed E-state index contributed by atoms with van der Waals surface area (Å²) >= 11 is 0. The van der Waals surface area contributed by atoms with Crippen molar-refractivity contribution in [3.63, 3.8) is 0 Å². The van der Waals surface area contributed by atoms with Crippen molar-refractivity contribution in [3.05, 3.63) is 70.8 Å². The van der Waals surface area contributed by atoms with Crippen LogP contribution in [0.5, 0.6) is 0 Å². The van der Waals surface area contributed by atoms with Crippen LogP contribution in [-0.2, 0) is 13.0 Å². The number of hydrogen-bond donors (Lipinski definition) is 1. The van der Waals surface area contributed by atoms with Crippen LogP contribution in [0.4, 0.5) is 0 Å². The highest BCUT2D eigenvalue weighted by molar-refractivity contribution is 5.97. The van der Waals surface area contributed by atoms with E-state index in [-0.39, 0.29) is 11.4 Å². The number of fused-ring (bicyclic) bond motifs is 1. The zero-order valence-electron chi connectivity index (χ0n) is 12.7. The van der Waals surface area contributed by atoms with Gasteiger partial charge in [0, 0.05) is 25.2 Å². The molecule has 0 radical (unpaired) electrons. The molecule has 0 aliphatic carbocycles. The molecule has 1 spiro atoms. The van der Waals surface area contributed by atoms with Gasteiger partial charge in [-0.25, -0.2) is 0 Å². The van der Waals surface area contributed by atoms with E-state index in [0.29, 0.717) is 5.56 Å². The second kappa shape index (κ2) is 5.22. The van der Waals surface area contributed by atoms with E-state index < -0.39 is 0 Å². The first-order valence-electron chi connectivity index (χ1n) is 7.79. The lowest BCUT2D eigenvalue weighted by molar-refractivity contribution is 0.0277. The van der Waals surface area contributed by atoms with Crippen molar-refractivity contribution in [1.82, 2.24) is 10.2 Å². The summed E-state index contributed by atoms with van der Waals surface area (Å²) in [6.07, 6.45) is 0.902. The third-order valence-corrected chi connectivity index (χ3v) is 4.71. The number of nitrogens with one attached hydrogen (secondary N) is 1. The third kappa shape index (κ3) is 2.49. The van der Waals surface area contributed by atoms with Crippen molar-refractivity contribution in [3.8, 4) is 6.07 Å². The predicted molar refractivity (Wildman–Crippen MR) is 86.8 cm³/mol. The average Bonchev–Trinajstić information content (AvgIpc) is 2.54. The van der Waals surface area contributed by atoms with Crippen LogP contribution in [0.25, 0.3) is 0 Å². The number of rotatable bonds is 2. The molecule has 2 aromatic carbocycles. The standard InChI is InChI=1S/C19H17N3O/c20-10-14-5-7-15(8-6-14)11-22-12-19(13-22)9-16-3-1-2-4-17(16)18(23)21-19/h1-8H,9,11-13H2,(H,21,23). The lowest BCUT2D eigenvalue weighted by atomic mass is 9.78. The molecule has 4 rings (SSSR count). The molecule has 1 amide bonds. The Bertz CT molecular complexity index is 798. The molecule has 2 aliphatic heterocycles. The number of nitriles is 1. The molecule has 2 aromatic rings. The van der Waals surface area contributed by atoms with Gasteiger partial charge in [0.1, 0.15) is 0 Å². The molecule has 0 aromatic heterocycles. The monoisotopic (exact) mass is 303 g/mol. The first kappa shape index (κ1) is 14.0. The van der Waals surface area contributed by atoms with Gasteiger partial charge in [0.05, 0.1) is 17.2 Å². The van der Waals surface area contributed by atoms with Crippen LogP contribution in [0.15, 0.2) is 48.5 Å². The van der Waals surface area contributed by atoms with Gasteiger partial charge in [-0.05, 0) is 35.7 Å². The van der Waals surface area contributed by atoms with Crippen LogP contribution in [0.1, 0.15) is 27.0 Å². The first-order chi connectivity index (χ1) is 11.2. The van der Waals surface area contributed by atoms with Gasteiger partial charge in [0.25, 0.3) is 5.91 Å². The van der Waals surface area contributed by atoms with Gasteiger partial charge in [0.2, 0.25) is 0 Å². The number of benzene rings is 2. The van der Waals surface area contributed by atoms with Crippen molar-refractivity contribution in [1.29, 1.82) is 5.26 Å². The molecule has 2 heterocycles. The number of likely N-dealkylation sites (tertiary alicyclic amines) is 1. The summed E-state index contributed by atoms with van der Waals surface area (Å²) in [5.74, 6) is 0.0462. The fourth-order valence-electron chi connectivity index (χ4n) is 3.67. The number of nitrogens with zero attached hydrogens (tertiary/aromatic N) is 2. The van der Waals surface area contributed by atoms with Crippen molar-refractivity contribution in [2.75, 3.05) is 13.1 Å². The van der Waals surface area contributed by atoms with Crippen LogP contribution in [0, 0.1) is 11.3 Å². The molecular weight excluding hydrogens is 286 g/mol. The maximum atomic E-state index is 12.3. The fraction of sp³-hybridized carbons (Fsp3) is 0.263. The summed E-state index contributed by atoms with van der Waals surface area (Å²) in [6, 6.07) is 17.7. The average molecular weight is 303 g/mol. The summed E-state index contributed by atoms with van der Waals surface area (Å²) < 4.78 is 0.